The molecule has 0 saturated carbocycles. The SMILES string of the molecule is C=C1C(=O)C(C)(C)C(=O)C(c2cc(-c3ccc(C(F)F)cc3F)ccc2CC)=C1O. The van der Waals surface area contributed by atoms with Gasteiger partial charge in [0.05, 0.1) is 16.6 Å². The summed E-state index contributed by atoms with van der Waals surface area (Å²) in [5.41, 5.74) is -0.532. The number of rotatable bonds is 4. The summed E-state index contributed by atoms with van der Waals surface area (Å²) in [6, 6.07) is 8.01. The van der Waals surface area contributed by atoms with Gasteiger partial charge in [-0.3, -0.25) is 9.59 Å². The Bertz CT molecular complexity index is 1110. The van der Waals surface area contributed by atoms with Crippen molar-refractivity contribution in [2.75, 3.05) is 0 Å². The van der Waals surface area contributed by atoms with E-state index in [1.807, 2.05) is 6.92 Å². The minimum Gasteiger partial charge on any atom is -0.506 e. The van der Waals surface area contributed by atoms with Gasteiger partial charge in [-0.25, -0.2) is 13.2 Å². The van der Waals surface area contributed by atoms with Crippen molar-refractivity contribution in [1.29, 1.82) is 0 Å². The van der Waals surface area contributed by atoms with E-state index in [2.05, 4.69) is 6.58 Å². The molecule has 0 aromatic heterocycles. The summed E-state index contributed by atoms with van der Waals surface area (Å²) in [5, 5.41) is 10.6. The van der Waals surface area contributed by atoms with E-state index in [1.54, 1.807) is 12.1 Å². The number of alkyl halides is 2. The molecule has 3 rings (SSSR count). The van der Waals surface area contributed by atoms with Crippen LogP contribution in [0.15, 0.2) is 54.3 Å². The van der Waals surface area contributed by atoms with E-state index in [0.717, 1.165) is 12.1 Å². The van der Waals surface area contributed by atoms with Crippen LogP contribution in [0.2, 0.25) is 0 Å². The molecule has 156 valence electrons. The van der Waals surface area contributed by atoms with Crippen LogP contribution in [0.25, 0.3) is 16.7 Å². The molecule has 0 amide bonds. The third kappa shape index (κ3) is 3.36. The lowest BCUT2D eigenvalue weighted by molar-refractivity contribution is -0.133. The molecule has 1 aliphatic carbocycles. The normalized spacial score (nSPS) is 16.6. The summed E-state index contributed by atoms with van der Waals surface area (Å²) in [5.74, 6) is -2.44. The van der Waals surface area contributed by atoms with E-state index in [-0.39, 0.29) is 16.7 Å². The zero-order valence-electron chi connectivity index (χ0n) is 16.9. The summed E-state index contributed by atoms with van der Waals surface area (Å²) >= 11 is 0. The summed E-state index contributed by atoms with van der Waals surface area (Å²) in [7, 11) is 0. The smallest absolute Gasteiger partial charge is 0.263 e. The maximum absolute atomic E-state index is 14.5. The molecule has 2 aromatic rings. The Balaban J connectivity index is 2.23. The molecule has 0 heterocycles. The molecular weight excluding hydrogens is 393 g/mol. The summed E-state index contributed by atoms with van der Waals surface area (Å²) in [4.78, 5) is 25.5. The fraction of sp³-hybridized carbons (Fsp3) is 0.250. The first kappa shape index (κ1) is 21.6. The van der Waals surface area contributed by atoms with Gasteiger partial charge in [-0.2, -0.15) is 0 Å². The topological polar surface area (TPSA) is 54.4 Å². The predicted molar refractivity (Wildman–Crippen MR) is 109 cm³/mol. The van der Waals surface area contributed by atoms with Gasteiger partial charge >= 0.3 is 0 Å². The Morgan fingerprint density at radius 1 is 1.03 bits per heavy atom. The number of aliphatic hydroxyl groups is 1. The average molecular weight is 414 g/mol. The monoisotopic (exact) mass is 414 g/mol. The Hall–Kier alpha value is -3.15. The highest BCUT2D eigenvalue weighted by molar-refractivity contribution is 6.36. The first-order chi connectivity index (χ1) is 14.0. The zero-order valence-corrected chi connectivity index (χ0v) is 16.9. The van der Waals surface area contributed by atoms with Crippen LogP contribution in [0.5, 0.6) is 0 Å². The van der Waals surface area contributed by atoms with Crippen molar-refractivity contribution in [1.82, 2.24) is 0 Å². The minimum absolute atomic E-state index is 0.0482. The lowest BCUT2D eigenvalue weighted by Gasteiger charge is -2.30. The fourth-order valence-corrected chi connectivity index (χ4v) is 3.59. The van der Waals surface area contributed by atoms with Gasteiger partial charge in [0.15, 0.2) is 11.6 Å². The second-order valence-electron chi connectivity index (χ2n) is 7.75. The Morgan fingerprint density at radius 2 is 1.70 bits per heavy atom. The van der Waals surface area contributed by atoms with Gasteiger partial charge in [0.25, 0.3) is 6.43 Å². The molecule has 2 aromatic carbocycles. The molecule has 0 atom stereocenters. The van der Waals surface area contributed by atoms with Crippen molar-refractivity contribution in [2.24, 2.45) is 5.41 Å². The Labute approximate surface area is 172 Å². The molecule has 0 radical (unpaired) electrons. The molecule has 1 aliphatic rings. The standard InChI is InChI=1S/C24H21F3O3/c1-5-13-6-7-14(16-9-8-15(23(26)27)11-18(16)25)10-17(13)19-20(28)12(2)21(29)24(3,4)22(19)30/h6-11,23,28H,2,5H2,1,3-4H3. The lowest BCUT2D eigenvalue weighted by Crippen LogP contribution is -2.39. The highest BCUT2D eigenvalue weighted by Crippen LogP contribution is 2.41. The Kier molecular flexibility index (Phi) is 5.46. The highest BCUT2D eigenvalue weighted by Gasteiger charge is 2.46. The maximum Gasteiger partial charge on any atom is 0.263 e. The fourth-order valence-electron chi connectivity index (χ4n) is 3.59. The molecule has 0 spiro atoms. The first-order valence-electron chi connectivity index (χ1n) is 9.44. The van der Waals surface area contributed by atoms with E-state index in [9.17, 15) is 27.9 Å². The average Bonchev–Trinajstić information content (AvgIpc) is 2.71. The molecule has 0 aliphatic heterocycles. The van der Waals surface area contributed by atoms with E-state index in [0.29, 0.717) is 23.1 Å². The third-order valence-electron chi connectivity index (χ3n) is 5.48. The molecule has 1 N–H and O–H groups in total. The largest absolute Gasteiger partial charge is 0.506 e. The van der Waals surface area contributed by atoms with Crippen LogP contribution >= 0.6 is 0 Å². The van der Waals surface area contributed by atoms with E-state index >= 15 is 0 Å². The van der Waals surface area contributed by atoms with Crippen LogP contribution in [-0.2, 0) is 16.0 Å². The molecular formula is C24H21F3O3. The first-order valence-corrected chi connectivity index (χ1v) is 9.44. The van der Waals surface area contributed by atoms with Crippen LogP contribution in [0.1, 0.15) is 43.9 Å². The summed E-state index contributed by atoms with van der Waals surface area (Å²) in [6.45, 7) is 8.40. The summed E-state index contributed by atoms with van der Waals surface area (Å²) in [6.07, 6.45) is -2.29. The molecule has 3 nitrogen and oxygen atoms in total. The predicted octanol–water partition coefficient (Wildman–Crippen LogP) is 6.00. The highest BCUT2D eigenvalue weighted by atomic mass is 19.3. The quantitative estimate of drug-likeness (QED) is 0.493. The third-order valence-corrected chi connectivity index (χ3v) is 5.48. The molecule has 6 heteroatoms. The number of Topliss-reactive ketones (excluding diaryl/α,β-unsaturated/α-hetero) is 2. The van der Waals surface area contributed by atoms with Gasteiger partial charge in [0, 0.05) is 11.1 Å². The number of carbonyl (C=O) groups is 2. The Morgan fingerprint density at radius 3 is 2.27 bits per heavy atom. The van der Waals surface area contributed by atoms with Crippen molar-refractivity contribution < 1.29 is 27.9 Å². The van der Waals surface area contributed by atoms with E-state index in [1.165, 1.54) is 26.0 Å². The van der Waals surface area contributed by atoms with E-state index in [4.69, 9.17) is 0 Å². The van der Waals surface area contributed by atoms with Gasteiger partial charge in [0.2, 0.25) is 0 Å². The second kappa shape index (κ2) is 7.59. The van der Waals surface area contributed by atoms with E-state index < -0.39 is 40.5 Å². The number of carbonyl (C=O) groups excluding carboxylic acids is 2. The van der Waals surface area contributed by atoms with Crippen LogP contribution in [-0.4, -0.2) is 16.7 Å². The number of aryl methyl sites for hydroxylation is 1. The number of aliphatic hydroxyl groups excluding tert-OH is 1. The molecule has 0 fully saturated rings. The van der Waals surface area contributed by atoms with Gasteiger partial charge in [-0.1, -0.05) is 37.8 Å². The van der Waals surface area contributed by atoms with Crippen LogP contribution in [0.4, 0.5) is 13.2 Å². The van der Waals surface area contributed by atoms with Crippen molar-refractivity contribution in [2.45, 2.75) is 33.6 Å². The molecule has 0 saturated heterocycles. The number of halogens is 3. The number of allylic oxidation sites excluding steroid dienone is 2. The number of ketones is 2. The van der Waals surface area contributed by atoms with Crippen LogP contribution < -0.4 is 0 Å². The molecule has 0 unspecified atom stereocenters. The molecule has 0 bridgehead atoms. The number of hydrogen-bond donors (Lipinski definition) is 1. The molecule has 30 heavy (non-hydrogen) atoms. The van der Waals surface area contributed by atoms with Gasteiger partial charge in [-0.05, 0) is 49.1 Å². The van der Waals surface area contributed by atoms with Gasteiger partial charge in [0.1, 0.15) is 11.6 Å². The van der Waals surface area contributed by atoms with Crippen molar-refractivity contribution in [3.63, 3.8) is 0 Å². The lowest BCUT2D eigenvalue weighted by atomic mass is 9.70. The minimum atomic E-state index is -2.79. The number of benzene rings is 2. The summed E-state index contributed by atoms with van der Waals surface area (Å²) < 4.78 is 40.2. The van der Waals surface area contributed by atoms with Gasteiger partial charge in [-0.15, -0.1) is 0 Å². The zero-order chi connectivity index (χ0) is 22.4. The second-order valence-corrected chi connectivity index (χ2v) is 7.75. The van der Waals surface area contributed by atoms with Crippen molar-refractivity contribution >= 4 is 17.1 Å². The maximum atomic E-state index is 14.5. The van der Waals surface area contributed by atoms with Crippen LogP contribution in [0.3, 0.4) is 0 Å². The number of hydrogen-bond acceptors (Lipinski definition) is 3. The van der Waals surface area contributed by atoms with Crippen LogP contribution in [0, 0.1) is 11.2 Å². The van der Waals surface area contributed by atoms with Crippen molar-refractivity contribution in [3.05, 3.63) is 76.8 Å². The van der Waals surface area contributed by atoms with Crippen molar-refractivity contribution in [3.8, 4) is 11.1 Å². The van der Waals surface area contributed by atoms with Gasteiger partial charge < -0.3 is 5.11 Å².